The molecule has 1 aliphatic heterocycles. The molecule has 0 fully saturated rings. The van der Waals surface area contributed by atoms with E-state index in [2.05, 4.69) is 0 Å². The van der Waals surface area contributed by atoms with Crippen LogP contribution in [-0.2, 0) is 10.0 Å². The molecule has 0 radical (unpaired) electrons. The summed E-state index contributed by atoms with van der Waals surface area (Å²) in [7, 11) is -3.24. The van der Waals surface area contributed by atoms with Crippen LogP contribution in [0, 0.1) is 0 Å². The molecule has 0 atom stereocenters. The summed E-state index contributed by atoms with van der Waals surface area (Å²) >= 11 is 0. The summed E-state index contributed by atoms with van der Waals surface area (Å²) in [5.41, 5.74) is 2.40. The Kier molecular flexibility index (Phi) is 3.69. The highest BCUT2D eigenvalue weighted by Crippen LogP contribution is 2.19. The van der Waals surface area contributed by atoms with Gasteiger partial charge in [0, 0.05) is 13.1 Å². The molecule has 0 aromatic carbocycles. The SMILES string of the molecule is CC1=C(C)CN(S(=O)(=O)CCO)CC1. The van der Waals surface area contributed by atoms with E-state index in [0.29, 0.717) is 13.1 Å². The average Bonchev–Trinajstić information content (AvgIpc) is 2.09. The smallest absolute Gasteiger partial charge is 0.216 e. The third-order valence-corrected chi connectivity index (χ3v) is 4.42. The molecule has 4 nitrogen and oxygen atoms in total. The van der Waals surface area contributed by atoms with Crippen molar-refractivity contribution in [2.45, 2.75) is 20.3 Å². The van der Waals surface area contributed by atoms with Crippen molar-refractivity contribution in [3.8, 4) is 0 Å². The summed E-state index contributed by atoms with van der Waals surface area (Å²) in [5.74, 6) is -0.167. The molecular weight excluding hydrogens is 202 g/mol. The van der Waals surface area contributed by atoms with Gasteiger partial charge in [0.15, 0.2) is 0 Å². The van der Waals surface area contributed by atoms with Crippen LogP contribution in [0.15, 0.2) is 11.1 Å². The van der Waals surface area contributed by atoms with Gasteiger partial charge in [0.1, 0.15) is 0 Å². The van der Waals surface area contributed by atoms with E-state index < -0.39 is 10.0 Å². The molecule has 0 bridgehead atoms. The van der Waals surface area contributed by atoms with Crippen molar-refractivity contribution in [3.63, 3.8) is 0 Å². The lowest BCUT2D eigenvalue weighted by atomic mass is 10.1. The van der Waals surface area contributed by atoms with Crippen LogP contribution in [0.5, 0.6) is 0 Å². The fourth-order valence-electron chi connectivity index (χ4n) is 1.47. The second-order valence-electron chi connectivity index (χ2n) is 3.68. The Labute approximate surface area is 85.3 Å². The van der Waals surface area contributed by atoms with E-state index in [4.69, 9.17) is 5.11 Å². The number of nitrogens with zero attached hydrogens (tertiary/aromatic N) is 1. The van der Waals surface area contributed by atoms with E-state index in [-0.39, 0.29) is 12.4 Å². The van der Waals surface area contributed by atoms with Crippen molar-refractivity contribution in [2.75, 3.05) is 25.4 Å². The van der Waals surface area contributed by atoms with Crippen LogP contribution in [0.1, 0.15) is 20.3 Å². The lowest BCUT2D eigenvalue weighted by Gasteiger charge is -2.27. The number of hydrogen-bond donors (Lipinski definition) is 1. The summed E-state index contributed by atoms with van der Waals surface area (Å²) in [4.78, 5) is 0. The standard InChI is InChI=1S/C9H17NO3S/c1-8-3-4-10(7-9(8)2)14(12,13)6-5-11/h11H,3-7H2,1-2H3. The van der Waals surface area contributed by atoms with Crippen LogP contribution >= 0.6 is 0 Å². The molecule has 5 heteroatoms. The zero-order chi connectivity index (χ0) is 10.8. The van der Waals surface area contributed by atoms with E-state index in [0.717, 1.165) is 12.0 Å². The topological polar surface area (TPSA) is 57.6 Å². The monoisotopic (exact) mass is 219 g/mol. The first-order valence-corrected chi connectivity index (χ1v) is 6.32. The molecule has 1 heterocycles. The largest absolute Gasteiger partial charge is 0.395 e. The highest BCUT2D eigenvalue weighted by atomic mass is 32.2. The van der Waals surface area contributed by atoms with Gasteiger partial charge in [-0.25, -0.2) is 8.42 Å². The van der Waals surface area contributed by atoms with Crippen molar-refractivity contribution in [1.82, 2.24) is 4.31 Å². The van der Waals surface area contributed by atoms with E-state index in [1.54, 1.807) is 0 Å². The fourth-order valence-corrected chi connectivity index (χ4v) is 2.71. The van der Waals surface area contributed by atoms with Crippen molar-refractivity contribution >= 4 is 10.0 Å². The second-order valence-corrected chi connectivity index (χ2v) is 5.77. The van der Waals surface area contributed by atoms with Crippen LogP contribution in [0.25, 0.3) is 0 Å². The Bertz CT molecular complexity index is 332. The number of aliphatic hydroxyl groups excluding tert-OH is 1. The minimum absolute atomic E-state index is 0.167. The van der Waals surface area contributed by atoms with E-state index in [9.17, 15) is 8.42 Å². The van der Waals surface area contributed by atoms with Gasteiger partial charge in [0.05, 0.1) is 12.4 Å². The fraction of sp³-hybridized carbons (Fsp3) is 0.778. The maximum Gasteiger partial charge on any atom is 0.216 e. The molecule has 82 valence electrons. The van der Waals surface area contributed by atoms with E-state index >= 15 is 0 Å². The highest BCUT2D eigenvalue weighted by molar-refractivity contribution is 7.89. The molecule has 0 aromatic rings. The molecule has 0 spiro atoms. The van der Waals surface area contributed by atoms with Gasteiger partial charge in [0.25, 0.3) is 0 Å². The zero-order valence-corrected chi connectivity index (χ0v) is 9.47. The van der Waals surface area contributed by atoms with E-state index in [1.807, 2.05) is 13.8 Å². The lowest BCUT2D eigenvalue weighted by Crippen LogP contribution is -2.38. The summed E-state index contributed by atoms with van der Waals surface area (Å²) in [6.45, 7) is 4.71. The molecule has 14 heavy (non-hydrogen) atoms. The van der Waals surface area contributed by atoms with Gasteiger partial charge in [-0.15, -0.1) is 0 Å². The van der Waals surface area contributed by atoms with Crippen LogP contribution in [0.4, 0.5) is 0 Å². The lowest BCUT2D eigenvalue weighted by molar-refractivity contribution is 0.314. The first-order valence-electron chi connectivity index (χ1n) is 4.71. The van der Waals surface area contributed by atoms with E-state index in [1.165, 1.54) is 9.88 Å². The van der Waals surface area contributed by atoms with Gasteiger partial charge < -0.3 is 5.11 Å². The number of hydrogen-bond acceptors (Lipinski definition) is 3. The van der Waals surface area contributed by atoms with Crippen molar-refractivity contribution in [2.24, 2.45) is 0 Å². The summed E-state index contributed by atoms with van der Waals surface area (Å²) in [6.07, 6.45) is 0.802. The van der Waals surface area contributed by atoms with Crippen LogP contribution in [0.3, 0.4) is 0 Å². The van der Waals surface area contributed by atoms with Gasteiger partial charge in [-0.1, -0.05) is 11.1 Å². The zero-order valence-electron chi connectivity index (χ0n) is 8.65. The second kappa shape index (κ2) is 4.42. The van der Waals surface area contributed by atoms with Crippen molar-refractivity contribution < 1.29 is 13.5 Å². The maximum absolute atomic E-state index is 11.6. The summed E-state index contributed by atoms with van der Waals surface area (Å²) in [5, 5.41) is 8.63. The first-order chi connectivity index (χ1) is 6.47. The minimum Gasteiger partial charge on any atom is -0.395 e. The molecule has 0 aliphatic carbocycles. The van der Waals surface area contributed by atoms with Crippen molar-refractivity contribution in [1.29, 1.82) is 0 Å². The Morgan fingerprint density at radius 1 is 1.36 bits per heavy atom. The van der Waals surface area contributed by atoms with Gasteiger partial charge in [0.2, 0.25) is 10.0 Å². The summed E-state index contributed by atoms with van der Waals surface area (Å²) < 4.78 is 24.6. The Hall–Kier alpha value is -0.390. The first kappa shape index (κ1) is 11.7. The molecule has 0 aromatic heterocycles. The molecule has 0 saturated heterocycles. The third-order valence-electron chi connectivity index (χ3n) is 2.62. The Balaban J connectivity index is 2.75. The third kappa shape index (κ3) is 2.56. The Morgan fingerprint density at radius 2 is 2.00 bits per heavy atom. The highest BCUT2D eigenvalue weighted by Gasteiger charge is 2.24. The molecule has 1 rings (SSSR count). The predicted molar refractivity (Wildman–Crippen MR) is 55.4 cm³/mol. The minimum atomic E-state index is -3.24. The van der Waals surface area contributed by atoms with Crippen LogP contribution in [-0.4, -0.2) is 43.3 Å². The quantitative estimate of drug-likeness (QED) is 0.697. The normalized spacial score (nSPS) is 20.2. The molecule has 0 saturated carbocycles. The average molecular weight is 219 g/mol. The number of aliphatic hydroxyl groups is 1. The molecule has 1 N–H and O–H groups in total. The number of sulfonamides is 1. The molecular formula is C9H17NO3S. The van der Waals surface area contributed by atoms with Gasteiger partial charge in [-0.3, -0.25) is 0 Å². The maximum atomic E-state index is 11.6. The molecule has 1 aliphatic rings. The number of rotatable bonds is 3. The van der Waals surface area contributed by atoms with Crippen LogP contribution < -0.4 is 0 Å². The molecule has 0 amide bonds. The van der Waals surface area contributed by atoms with Crippen molar-refractivity contribution in [3.05, 3.63) is 11.1 Å². The van der Waals surface area contributed by atoms with Crippen LogP contribution in [0.2, 0.25) is 0 Å². The van der Waals surface area contributed by atoms with Gasteiger partial charge >= 0.3 is 0 Å². The summed E-state index contributed by atoms with van der Waals surface area (Å²) in [6, 6.07) is 0. The molecule has 0 unspecified atom stereocenters. The van der Waals surface area contributed by atoms with Gasteiger partial charge in [-0.05, 0) is 20.3 Å². The van der Waals surface area contributed by atoms with Gasteiger partial charge in [-0.2, -0.15) is 4.31 Å². The predicted octanol–water partition coefficient (Wildman–Crippen LogP) is 0.351. The Morgan fingerprint density at radius 3 is 2.50 bits per heavy atom.